The van der Waals surface area contributed by atoms with Gasteiger partial charge in [-0.3, -0.25) is 9.69 Å². The molecule has 3 fully saturated rings. The minimum absolute atomic E-state index is 0.0941. The molecule has 1 amide bonds. The Hall–Kier alpha value is -1.61. The van der Waals surface area contributed by atoms with Crippen molar-refractivity contribution in [1.29, 1.82) is 0 Å². The topological polar surface area (TPSA) is 23.6 Å². The van der Waals surface area contributed by atoms with Crippen molar-refractivity contribution in [2.45, 2.75) is 38.6 Å². The molecule has 0 unspecified atom stereocenters. The average molecular weight is 324 g/mol. The van der Waals surface area contributed by atoms with Gasteiger partial charge in [-0.1, -0.05) is 36.9 Å². The maximum Gasteiger partial charge on any atom is 0.230 e. The third-order valence-corrected chi connectivity index (χ3v) is 6.03. The predicted octanol–water partition coefficient (Wildman–Crippen LogP) is 3.55. The van der Waals surface area contributed by atoms with E-state index in [0.717, 1.165) is 51.5 Å². The lowest BCUT2D eigenvalue weighted by Crippen LogP contribution is -2.50. The molecule has 24 heavy (non-hydrogen) atoms. The Morgan fingerprint density at radius 3 is 2.92 bits per heavy atom. The fourth-order valence-electron chi connectivity index (χ4n) is 4.49. The number of amides is 1. The number of hydrogen-bond donors (Lipinski definition) is 0. The molecule has 1 aliphatic carbocycles. The highest BCUT2D eigenvalue weighted by atomic mass is 16.2. The van der Waals surface area contributed by atoms with Gasteiger partial charge in [0.15, 0.2) is 0 Å². The van der Waals surface area contributed by atoms with Gasteiger partial charge in [0.2, 0.25) is 5.91 Å². The smallest absolute Gasteiger partial charge is 0.230 e. The van der Waals surface area contributed by atoms with Crippen LogP contribution in [0.1, 0.15) is 43.2 Å². The molecule has 2 aliphatic heterocycles. The number of rotatable bonds is 5. The Balaban J connectivity index is 1.42. The van der Waals surface area contributed by atoms with Gasteiger partial charge in [-0.15, -0.1) is 0 Å². The van der Waals surface area contributed by atoms with Gasteiger partial charge < -0.3 is 4.90 Å². The lowest BCUT2D eigenvalue weighted by molar-refractivity contribution is -0.145. The number of piperidine rings is 1. The molecule has 1 spiro atoms. The molecule has 0 radical (unpaired) electrons. The summed E-state index contributed by atoms with van der Waals surface area (Å²) in [5.41, 5.74) is 2.40. The molecular weight excluding hydrogens is 296 g/mol. The van der Waals surface area contributed by atoms with Gasteiger partial charge in [0, 0.05) is 26.2 Å². The van der Waals surface area contributed by atoms with Gasteiger partial charge in [0.05, 0.1) is 5.41 Å². The largest absolute Gasteiger partial charge is 0.342 e. The second kappa shape index (κ2) is 6.36. The molecule has 0 N–H and O–H groups in total. The summed E-state index contributed by atoms with van der Waals surface area (Å²) in [5.74, 6) is 1.24. The van der Waals surface area contributed by atoms with E-state index in [2.05, 4.69) is 40.6 Å². The SMILES string of the molecule is C=Cc1cccc(CN2CC[C@@]3(CCCN(CC4CC4)C3=O)C2)c1. The van der Waals surface area contributed by atoms with Gasteiger partial charge in [-0.05, 0) is 55.7 Å². The maximum absolute atomic E-state index is 13.1. The second-order valence-corrected chi connectivity index (χ2v) is 7.99. The Morgan fingerprint density at radius 2 is 2.12 bits per heavy atom. The van der Waals surface area contributed by atoms with E-state index < -0.39 is 0 Å². The van der Waals surface area contributed by atoms with Crippen molar-refractivity contribution in [3.8, 4) is 0 Å². The lowest BCUT2D eigenvalue weighted by Gasteiger charge is -2.39. The van der Waals surface area contributed by atoms with E-state index in [1.165, 1.54) is 30.4 Å². The molecule has 1 aromatic rings. The second-order valence-electron chi connectivity index (χ2n) is 7.99. The number of hydrogen-bond acceptors (Lipinski definition) is 2. The summed E-state index contributed by atoms with van der Waals surface area (Å²) in [6.45, 7) is 8.78. The molecule has 2 saturated heterocycles. The van der Waals surface area contributed by atoms with Crippen LogP contribution in [0, 0.1) is 11.3 Å². The number of carbonyl (C=O) groups excluding carboxylic acids is 1. The van der Waals surface area contributed by atoms with Crippen molar-refractivity contribution in [3.05, 3.63) is 42.0 Å². The van der Waals surface area contributed by atoms with Crippen LogP contribution in [0.15, 0.2) is 30.8 Å². The van der Waals surface area contributed by atoms with Crippen LogP contribution in [-0.4, -0.2) is 41.9 Å². The summed E-state index contributed by atoms with van der Waals surface area (Å²) in [6.07, 6.45) is 7.84. The number of benzene rings is 1. The summed E-state index contributed by atoms with van der Waals surface area (Å²) in [7, 11) is 0. The first kappa shape index (κ1) is 15.9. The molecule has 3 aliphatic rings. The highest BCUT2D eigenvalue weighted by Gasteiger charge is 2.48. The summed E-state index contributed by atoms with van der Waals surface area (Å²) < 4.78 is 0. The van der Waals surface area contributed by atoms with Gasteiger partial charge in [0.25, 0.3) is 0 Å². The molecular formula is C21H28N2O. The lowest BCUT2D eigenvalue weighted by atomic mass is 9.78. The third kappa shape index (κ3) is 3.14. The van der Waals surface area contributed by atoms with E-state index in [4.69, 9.17) is 0 Å². The minimum Gasteiger partial charge on any atom is -0.342 e. The van der Waals surface area contributed by atoms with Gasteiger partial charge in [0.1, 0.15) is 0 Å². The predicted molar refractivity (Wildman–Crippen MR) is 97.4 cm³/mol. The molecule has 1 atom stereocenters. The molecule has 3 heteroatoms. The van der Waals surface area contributed by atoms with Crippen LogP contribution >= 0.6 is 0 Å². The quantitative estimate of drug-likeness (QED) is 0.827. The molecule has 4 rings (SSSR count). The fourth-order valence-corrected chi connectivity index (χ4v) is 4.49. The molecule has 1 aromatic carbocycles. The Bertz CT molecular complexity index is 636. The van der Waals surface area contributed by atoms with Gasteiger partial charge in [-0.25, -0.2) is 0 Å². The normalized spacial score (nSPS) is 27.8. The van der Waals surface area contributed by atoms with E-state index in [9.17, 15) is 4.79 Å². The Kier molecular flexibility index (Phi) is 4.21. The molecule has 0 aromatic heterocycles. The molecule has 3 nitrogen and oxygen atoms in total. The molecule has 2 heterocycles. The summed E-state index contributed by atoms with van der Waals surface area (Å²) in [6, 6.07) is 8.57. The maximum atomic E-state index is 13.1. The van der Waals surface area contributed by atoms with Crippen LogP contribution in [0.2, 0.25) is 0 Å². The molecule has 1 saturated carbocycles. The first-order valence-corrected chi connectivity index (χ1v) is 9.42. The van der Waals surface area contributed by atoms with Crippen LogP contribution in [0.4, 0.5) is 0 Å². The van der Waals surface area contributed by atoms with E-state index in [1.54, 1.807) is 0 Å². The van der Waals surface area contributed by atoms with Gasteiger partial charge in [-0.2, -0.15) is 0 Å². The monoisotopic (exact) mass is 324 g/mol. The van der Waals surface area contributed by atoms with Crippen LogP contribution < -0.4 is 0 Å². The number of carbonyl (C=O) groups is 1. The average Bonchev–Trinajstić information content (AvgIpc) is 3.33. The third-order valence-electron chi connectivity index (χ3n) is 6.03. The van der Waals surface area contributed by atoms with Crippen molar-refractivity contribution in [2.75, 3.05) is 26.2 Å². The van der Waals surface area contributed by atoms with Crippen LogP contribution in [0.5, 0.6) is 0 Å². The van der Waals surface area contributed by atoms with E-state index >= 15 is 0 Å². The zero-order valence-corrected chi connectivity index (χ0v) is 14.5. The highest BCUT2D eigenvalue weighted by Crippen LogP contribution is 2.42. The van der Waals surface area contributed by atoms with Crippen molar-refractivity contribution >= 4 is 12.0 Å². The van der Waals surface area contributed by atoms with Crippen LogP contribution in [0.25, 0.3) is 6.08 Å². The number of likely N-dealkylation sites (tertiary alicyclic amines) is 2. The molecule has 128 valence electrons. The van der Waals surface area contributed by atoms with Crippen molar-refractivity contribution < 1.29 is 4.79 Å². The number of nitrogens with zero attached hydrogens (tertiary/aromatic N) is 2. The van der Waals surface area contributed by atoms with Gasteiger partial charge >= 0.3 is 0 Å². The summed E-state index contributed by atoms with van der Waals surface area (Å²) >= 11 is 0. The first-order chi connectivity index (χ1) is 11.7. The highest BCUT2D eigenvalue weighted by molar-refractivity contribution is 5.84. The van der Waals surface area contributed by atoms with Crippen molar-refractivity contribution in [1.82, 2.24) is 9.80 Å². The molecule has 0 bridgehead atoms. The standard InChI is InChI=1S/C21H28N2O/c1-2-17-5-3-6-19(13-17)14-22-12-10-21(16-22)9-4-11-23(20(21)24)15-18-7-8-18/h2-3,5-6,13,18H,1,4,7-12,14-16H2/t21-/m0/s1. The van der Waals surface area contributed by atoms with Crippen molar-refractivity contribution in [2.24, 2.45) is 11.3 Å². The summed E-state index contributed by atoms with van der Waals surface area (Å²) in [5, 5.41) is 0. The zero-order valence-electron chi connectivity index (χ0n) is 14.5. The van der Waals surface area contributed by atoms with E-state index in [1.807, 2.05) is 6.08 Å². The van der Waals surface area contributed by atoms with Crippen LogP contribution in [0.3, 0.4) is 0 Å². The minimum atomic E-state index is -0.0941. The zero-order chi connectivity index (χ0) is 16.6. The van der Waals surface area contributed by atoms with E-state index in [0.29, 0.717) is 5.91 Å². The Morgan fingerprint density at radius 1 is 1.25 bits per heavy atom. The van der Waals surface area contributed by atoms with E-state index in [-0.39, 0.29) is 5.41 Å². The first-order valence-electron chi connectivity index (χ1n) is 9.42. The van der Waals surface area contributed by atoms with Crippen molar-refractivity contribution in [3.63, 3.8) is 0 Å². The van der Waals surface area contributed by atoms with Crippen LogP contribution in [-0.2, 0) is 11.3 Å². The summed E-state index contributed by atoms with van der Waals surface area (Å²) in [4.78, 5) is 17.8. The Labute approximate surface area is 145 Å². The fraction of sp³-hybridized carbons (Fsp3) is 0.571.